The van der Waals surface area contributed by atoms with Gasteiger partial charge in [0, 0.05) is 6.54 Å². The van der Waals surface area contributed by atoms with Gasteiger partial charge in [0.05, 0.1) is 25.4 Å². The second-order valence-corrected chi connectivity index (χ2v) is 4.83. The third-order valence-corrected chi connectivity index (χ3v) is 3.07. The van der Waals surface area contributed by atoms with Crippen molar-refractivity contribution in [2.45, 2.75) is 26.7 Å². The molecular weight excluding hydrogens is 268 g/mol. The fourth-order valence-electron chi connectivity index (χ4n) is 2.04. The predicted molar refractivity (Wildman–Crippen MR) is 84.7 cm³/mol. The van der Waals surface area contributed by atoms with Crippen LogP contribution >= 0.6 is 0 Å². The van der Waals surface area contributed by atoms with E-state index in [2.05, 4.69) is 12.2 Å². The molecule has 1 aromatic rings. The first-order valence-corrected chi connectivity index (χ1v) is 7.56. The second kappa shape index (κ2) is 10.2. The molecule has 1 amide bonds. The smallest absolute Gasteiger partial charge is 0.238 e. The van der Waals surface area contributed by atoms with Crippen LogP contribution < -0.4 is 10.1 Å². The number of hydrogen-bond acceptors (Lipinski definition) is 4. The largest absolute Gasteiger partial charge is 0.492 e. The van der Waals surface area contributed by atoms with Crippen LogP contribution in [-0.4, -0.2) is 48.8 Å². The highest BCUT2D eigenvalue weighted by Gasteiger charge is 2.12. The summed E-state index contributed by atoms with van der Waals surface area (Å²) in [6, 6.07) is 7.40. The minimum atomic E-state index is -0.0910. The van der Waals surface area contributed by atoms with E-state index >= 15 is 0 Å². The Balaban J connectivity index is 2.58. The summed E-state index contributed by atoms with van der Waals surface area (Å²) in [5, 5.41) is 11.9. The first-order chi connectivity index (χ1) is 10.2. The number of aliphatic hydroxyl groups excluding tert-OH is 1. The molecule has 21 heavy (non-hydrogen) atoms. The molecule has 0 aliphatic heterocycles. The lowest BCUT2D eigenvalue weighted by atomic mass is 10.2. The van der Waals surface area contributed by atoms with Crippen LogP contribution in [0.25, 0.3) is 0 Å². The fourth-order valence-corrected chi connectivity index (χ4v) is 2.04. The van der Waals surface area contributed by atoms with Crippen LogP contribution in [0.3, 0.4) is 0 Å². The highest BCUT2D eigenvalue weighted by Crippen LogP contribution is 2.23. The Kier molecular flexibility index (Phi) is 8.47. The molecule has 0 saturated carbocycles. The van der Waals surface area contributed by atoms with Crippen molar-refractivity contribution in [2.24, 2.45) is 0 Å². The average molecular weight is 294 g/mol. The van der Waals surface area contributed by atoms with E-state index in [0.29, 0.717) is 24.6 Å². The van der Waals surface area contributed by atoms with Crippen LogP contribution in [0.1, 0.15) is 26.7 Å². The third-order valence-electron chi connectivity index (χ3n) is 3.07. The Bertz CT molecular complexity index is 424. The highest BCUT2D eigenvalue weighted by atomic mass is 16.5. The number of carbonyl (C=O) groups excluding carboxylic acids is 1. The Hall–Kier alpha value is -1.59. The van der Waals surface area contributed by atoms with Gasteiger partial charge in [-0.3, -0.25) is 9.69 Å². The van der Waals surface area contributed by atoms with Gasteiger partial charge in [-0.2, -0.15) is 0 Å². The van der Waals surface area contributed by atoms with E-state index in [1.54, 1.807) is 0 Å². The Morgan fingerprint density at radius 2 is 2.05 bits per heavy atom. The molecular formula is C16H26N2O3. The van der Waals surface area contributed by atoms with E-state index in [9.17, 15) is 4.79 Å². The van der Waals surface area contributed by atoms with Gasteiger partial charge in [-0.1, -0.05) is 25.5 Å². The summed E-state index contributed by atoms with van der Waals surface area (Å²) in [7, 11) is 0. The summed E-state index contributed by atoms with van der Waals surface area (Å²) in [4.78, 5) is 14.1. The predicted octanol–water partition coefficient (Wildman–Crippen LogP) is 2.12. The summed E-state index contributed by atoms with van der Waals surface area (Å²) in [6.07, 6.45) is 2.08. The van der Waals surface area contributed by atoms with Crippen LogP contribution in [0, 0.1) is 0 Å². The molecule has 118 valence electrons. The monoisotopic (exact) mass is 294 g/mol. The minimum absolute atomic E-state index is 0.0620. The lowest BCUT2D eigenvalue weighted by Gasteiger charge is -2.20. The number of nitrogens with one attached hydrogen (secondary N) is 1. The minimum Gasteiger partial charge on any atom is -0.492 e. The van der Waals surface area contributed by atoms with Gasteiger partial charge in [0.15, 0.2) is 0 Å². The lowest BCUT2D eigenvalue weighted by molar-refractivity contribution is -0.117. The maximum atomic E-state index is 12.1. The SMILES string of the molecule is CCCCN(CCO)CC(=O)Nc1ccccc1OCC. The average Bonchev–Trinajstić information content (AvgIpc) is 2.47. The molecule has 0 saturated heterocycles. The number of ether oxygens (including phenoxy) is 1. The van der Waals surface area contributed by atoms with Gasteiger partial charge in [0.1, 0.15) is 5.75 Å². The van der Waals surface area contributed by atoms with Crippen molar-refractivity contribution in [3.8, 4) is 5.75 Å². The Morgan fingerprint density at radius 1 is 1.29 bits per heavy atom. The maximum absolute atomic E-state index is 12.1. The molecule has 0 aromatic heterocycles. The van der Waals surface area contributed by atoms with E-state index in [0.717, 1.165) is 19.4 Å². The van der Waals surface area contributed by atoms with Crippen LogP contribution in [0.2, 0.25) is 0 Å². The number of amides is 1. The Morgan fingerprint density at radius 3 is 2.71 bits per heavy atom. The number of anilines is 1. The standard InChI is InChI=1S/C16H26N2O3/c1-3-5-10-18(11-12-19)13-16(20)17-14-8-6-7-9-15(14)21-4-2/h6-9,19H,3-5,10-13H2,1-2H3,(H,17,20). The van der Waals surface area contributed by atoms with Gasteiger partial charge in [-0.05, 0) is 32.0 Å². The summed E-state index contributed by atoms with van der Waals surface area (Å²) in [6.45, 7) is 6.24. The van der Waals surface area contributed by atoms with Crippen molar-refractivity contribution in [3.05, 3.63) is 24.3 Å². The van der Waals surface area contributed by atoms with Crippen molar-refractivity contribution in [1.82, 2.24) is 4.90 Å². The molecule has 5 heteroatoms. The molecule has 1 rings (SSSR count). The van der Waals surface area contributed by atoms with Crippen molar-refractivity contribution in [3.63, 3.8) is 0 Å². The topological polar surface area (TPSA) is 61.8 Å². The van der Waals surface area contributed by atoms with E-state index < -0.39 is 0 Å². The zero-order valence-electron chi connectivity index (χ0n) is 13.0. The van der Waals surface area contributed by atoms with Crippen molar-refractivity contribution in [2.75, 3.05) is 38.2 Å². The first kappa shape index (κ1) is 17.5. The molecule has 0 aliphatic carbocycles. The summed E-state index contributed by atoms with van der Waals surface area (Å²) in [5.41, 5.74) is 0.684. The number of nitrogens with zero attached hydrogens (tertiary/aromatic N) is 1. The number of unbranched alkanes of at least 4 members (excludes halogenated alkanes) is 1. The van der Waals surface area contributed by atoms with E-state index in [-0.39, 0.29) is 19.1 Å². The molecule has 0 aliphatic rings. The highest BCUT2D eigenvalue weighted by molar-refractivity contribution is 5.93. The molecule has 0 spiro atoms. The lowest BCUT2D eigenvalue weighted by Crippen LogP contribution is -2.36. The summed E-state index contributed by atoms with van der Waals surface area (Å²) < 4.78 is 5.49. The van der Waals surface area contributed by atoms with Gasteiger partial charge in [0.2, 0.25) is 5.91 Å². The van der Waals surface area contributed by atoms with Crippen molar-refractivity contribution in [1.29, 1.82) is 0 Å². The summed E-state index contributed by atoms with van der Waals surface area (Å²) >= 11 is 0. The van der Waals surface area contributed by atoms with Crippen LogP contribution in [0.15, 0.2) is 24.3 Å². The van der Waals surface area contributed by atoms with Gasteiger partial charge in [0.25, 0.3) is 0 Å². The normalized spacial score (nSPS) is 10.7. The van der Waals surface area contributed by atoms with Crippen LogP contribution in [0.5, 0.6) is 5.75 Å². The molecule has 0 heterocycles. The van der Waals surface area contributed by atoms with Gasteiger partial charge >= 0.3 is 0 Å². The number of carbonyl (C=O) groups is 1. The summed E-state index contributed by atoms with van der Waals surface area (Å²) in [5.74, 6) is 0.585. The Labute approximate surface area is 126 Å². The number of para-hydroxylation sites is 2. The zero-order valence-corrected chi connectivity index (χ0v) is 13.0. The van der Waals surface area contributed by atoms with Crippen LogP contribution in [-0.2, 0) is 4.79 Å². The van der Waals surface area contributed by atoms with Gasteiger partial charge in [-0.15, -0.1) is 0 Å². The van der Waals surface area contributed by atoms with E-state index in [1.807, 2.05) is 36.1 Å². The first-order valence-electron chi connectivity index (χ1n) is 7.56. The molecule has 0 bridgehead atoms. The molecule has 0 radical (unpaired) electrons. The number of benzene rings is 1. The quantitative estimate of drug-likeness (QED) is 0.694. The molecule has 5 nitrogen and oxygen atoms in total. The number of aliphatic hydroxyl groups is 1. The molecule has 1 aromatic carbocycles. The maximum Gasteiger partial charge on any atom is 0.238 e. The van der Waals surface area contributed by atoms with Crippen LogP contribution in [0.4, 0.5) is 5.69 Å². The van der Waals surface area contributed by atoms with E-state index in [4.69, 9.17) is 9.84 Å². The zero-order chi connectivity index (χ0) is 15.5. The molecule has 0 fully saturated rings. The molecule has 2 N–H and O–H groups in total. The van der Waals surface area contributed by atoms with Crippen molar-refractivity contribution < 1.29 is 14.6 Å². The molecule has 0 atom stereocenters. The third kappa shape index (κ3) is 6.60. The van der Waals surface area contributed by atoms with Gasteiger partial charge < -0.3 is 15.2 Å². The molecule has 0 unspecified atom stereocenters. The fraction of sp³-hybridized carbons (Fsp3) is 0.562. The second-order valence-electron chi connectivity index (χ2n) is 4.83. The number of rotatable bonds is 10. The van der Waals surface area contributed by atoms with Crippen molar-refractivity contribution >= 4 is 11.6 Å². The van der Waals surface area contributed by atoms with Gasteiger partial charge in [-0.25, -0.2) is 0 Å². The van der Waals surface area contributed by atoms with E-state index in [1.165, 1.54) is 0 Å². The number of hydrogen-bond donors (Lipinski definition) is 2.